The molecule has 0 radical (unpaired) electrons. The number of unbranched alkanes of at least 4 members (excludes halogenated alkanes) is 2. The van der Waals surface area contributed by atoms with Crippen molar-refractivity contribution in [1.82, 2.24) is 0 Å². The first-order chi connectivity index (χ1) is 9.79. The molecular formula is C17H30O2Si. The molecule has 0 saturated heterocycles. The Kier molecular flexibility index (Phi) is 8.82. The maximum atomic E-state index is 6.33. The lowest BCUT2D eigenvalue weighted by Gasteiger charge is -2.31. The van der Waals surface area contributed by atoms with Crippen LogP contribution in [0.1, 0.15) is 52.9 Å². The summed E-state index contributed by atoms with van der Waals surface area (Å²) in [5, 5.41) is 1.29. The molecule has 0 aromatic heterocycles. The first-order valence-corrected chi connectivity index (χ1v) is 10.1. The van der Waals surface area contributed by atoms with Gasteiger partial charge in [-0.05, 0) is 24.1 Å². The fourth-order valence-corrected chi connectivity index (χ4v) is 5.81. The lowest BCUT2D eigenvalue weighted by Crippen LogP contribution is -2.54. The average molecular weight is 295 g/mol. The maximum absolute atomic E-state index is 6.33. The predicted molar refractivity (Wildman–Crippen MR) is 88.6 cm³/mol. The van der Waals surface area contributed by atoms with E-state index >= 15 is 0 Å². The van der Waals surface area contributed by atoms with E-state index in [4.69, 9.17) is 8.85 Å². The van der Waals surface area contributed by atoms with Crippen LogP contribution in [0.3, 0.4) is 0 Å². The molecule has 0 aliphatic rings. The highest BCUT2D eigenvalue weighted by Gasteiger charge is 2.39. The highest BCUT2D eigenvalue weighted by atomic mass is 28.4. The molecule has 0 spiro atoms. The van der Waals surface area contributed by atoms with Gasteiger partial charge in [0.15, 0.2) is 0 Å². The monoisotopic (exact) mass is 294 g/mol. The van der Waals surface area contributed by atoms with Crippen LogP contribution in [0.4, 0.5) is 0 Å². The van der Waals surface area contributed by atoms with E-state index < -0.39 is 8.56 Å². The molecule has 0 atom stereocenters. The zero-order valence-electron chi connectivity index (χ0n) is 13.4. The van der Waals surface area contributed by atoms with E-state index in [1.165, 1.54) is 24.4 Å². The first kappa shape index (κ1) is 17.4. The Labute approximate surface area is 125 Å². The molecule has 0 N–H and O–H groups in total. The van der Waals surface area contributed by atoms with Crippen molar-refractivity contribution in [3.63, 3.8) is 0 Å². The molecule has 1 aromatic carbocycles. The third-order valence-electron chi connectivity index (χ3n) is 3.40. The second-order valence-corrected chi connectivity index (χ2v) is 8.43. The molecule has 1 aromatic rings. The van der Waals surface area contributed by atoms with Gasteiger partial charge in [0.05, 0.1) is 0 Å². The van der Waals surface area contributed by atoms with Crippen LogP contribution in [-0.2, 0) is 8.85 Å². The van der Waals surface area contributed by atoms with Crippen molar-refractivity contribution < 1.29 is 8.85 Å². The standard InChI is InChI=1S/C17H30O2Si/c1-4-7-11-16-20(18-14-5-2,19-15-6-3)17-12-9-8-10-13-17/h8-10,12-13H,4-7,11,14-16H2,1-3H3. The third-order valence-corrected chi connectivity index (χ3v) is 6.97. The molecule has 0 bridgehead atoms. The quantitative estimate of drug-likeness (QED) is 0.445. The van der Waals surface area contributed by atoms with Gasteiger partial charge < -0.3 is 8.85 Å². The summed E-state index contributed by atoms with van der Waals surface area (Å²) in [5.74, 6) is 0. The molecule has 0 unspecified atom stereocenters. The van der Waals surface area contributed by atoms with Crippen LogP contribution in [-0.4, -0.2) is 21.8 Å². The van der Waals surface area contributed by atoms with Gasteiger partial charge in [-0.1, -0.05) is 70.4 Å². The number of benzene rings is 1. The number of hydrogen-bond acceptors (Lipinski definition) is 2. The summed E-state index contributed by atoms with van der Waals surface area (Å²) in [6.45, 7) is 8.17. The van der Waals surface area contributed by atoms with Crippen LogP contribution < -0.4 is 5.19 Å². The molecule has 0 fully saturated rings. The Bertz CT molecular complexity index is 332. The van der Waals surface area contributed by atoms with Crippen LogP contribution in [0.15, 0.2) is 30.3 Å². The largest absolute Gasteiger partial charge is 0.391 e. The van der Waals surface area contributed by atoms with E-state index in [2.05, 4.69) is 51.1 Å². The number of hydrogen-bond donors (Lipinski definition) is 0. The van der Waals surface area contributed by atoms with Crippen molar-refractivity contribution in [2.24, 2.45) is 0 Å². The topological polar surface area (TPSA) is 18.5 Å². The molecule has 0 amide bonds. The van der Waals surface area contributed by atoms with E-state index in [1.54, 1.807) is 0 Å². The van der Waals surface area contributed by atoms with E-state index in [0.29, 0.717) is 0 Å². The van der Waals surface area contributed by atoms with Crippen molar-refractivity contribution in [3.05, 3.63) is 30.3 Å². The highest BCUT2D eigenvalue weighted by molar-refractivity contribution is 6.81. The molecule has 20 heavy (non-hydrogen) atoms. The Morgan fingerprint density at radius 1 is 0.800 bits per heavy atom. The minimum atomic E-state index is -2.25. The summed E-state index contributed by atoms with van der Waals surface area (Å²) in [6, 6.07) is 11.7. The number of rotatable bonds is 11. The molecule has 0 aliphatic heterocycles. The van der Waals surface area contributed by atoms with Crippen LogP contribution in [0.25, 0.3) is 0 Å². The van der Waals surface area contributed by atoms with Crippen molar-refractivity contribution in [2.75, 3.05) is 13.2 Å². The molecule has 3 heteroatoms. The molecule has 2 nitrogen and oxygen atoms in total. The van der Waals surface area contributed by atoms with E-state index in [1.807, 2.05) is 0 Å². The molecule has 0 heterocycles. The lowest BCUT2D eigenvalue weighted by molar-refractivity contribution is 0.178. The van der Waals surface area contributed by atoms with Crippen molar-refractivity contribution in [1.29, 1.82) is 0 Å². The van der Waals surface area contributed by atoms with Gasteiger partial charge in [-0.15, -0.1) is 0 Å². The summed E-state index contributed by atoms with van der Waals surface area (Å²) < 4.78 is 12.7. The zero-order chi connectivity index (χ0) is 14.7. The molecule has 114 valence electrons. The summed E-state index contributed by atoms with van der Waals surface area (Å²) in [6.07, 6.45) is 5.79. The van der Waals surface area contributed by atoms with Gasteiger partial charge >= 0.3 is 8.56 Å². The van der Waals surface area contributed by atoms with Gasteiger partial charge in [-0.3, -0.25) is 0 Å². The normalized spacial score (nSPS) is 11.8. The zero-order valence-corrected chi connectivity index (χ0v) is 14.4. The summed E-state index contributed by atoms with van der Waals surface area (Å²) in [7, 11) is -2.25. The molecule has 1 rings (SSSR count). The smallest absolute Gasteiger partial charge is 0.372 e. The van der Waals surface area contributed by atoms with Crippen molar-refractivity contribution in [3.8, 4) is 0 Å². The Balaban J connectivity index is 2.90. The Morgan fingerprint density at radius 3 is 1.90 bits per heavy atom. The lowest BCUT2D eigenvalue weighted by atomic mass is 10.3. The highest BCUT2D eigenvalue weighted by Crippen LogP contribution is 2.19. The van der Waals surface area contributed by atoms with Crippen LogP contribution in [0, 0.1) is 0 Å². The summed E-state index contributed by atoms with van der Waals surface area (Å²) in [4.78, 5) is 0. The minimum absolute atomic E-state index is 0.803. The second-order valence-electron chi connectivity index (χ2n) is 5.27. The van der Waals surface area contributed by atoms with E-state index in [0.717, 1.165) is 32.1 Å². The van der Waals surface area contributed by atoms with E-state index in [9.17, 15) is 0 Å². The fraction of sp³-hybridized carbons (Fsp3) is 0.647. The maximum Gasteiger partial charge on any atom is 0.372 e. The van der Waals surface area contributed by atoms with Crippen LogP contribution in [0.2, 0.25) is 6.04 Å². The minimum Gasteiger partial charge on any atom is -0.391 e. The SMILES string of the molecule is CCCCC[Si](OCCC)(OCCC)c1ccccc1. The summed E-state index contributed by atoms with van der Waals surface area (Å²) >= 11 is 0. The average Bonchev–Trinajstić information content (AvgIpc) is 2.51. The Hall–Kier alpha value is -0.643. The van der Waals surface area contributed by atoms with Gasteiger partial charge in [-0.25, -0.2) is 0 Å². The Morgan fingerprint density at radius 2 is 1.40 bits per heavy atom. The second kappa shape index (κ2) is 10.1. The molecular weight excluding hydrogens is 264 g/mol. The fourth-order valence-electron chi connectivity index (χ4n) is 2.33. The van der Waals surface area contributed by atoms with Crippen LogP contribution >= 0.6 is 0 Å². The third kappa shape index (κ3) is 5.39. The first-order valence-electron chi connectivity index (χ1n) is 8.12. The van der Waals surface area contributed by atoms with Gasteiger partial charge in [0.25, 0.3) is 0 Å². The summed E-state index contributed by atoms with van der Waals surface area (Å²) in [5.41, 5.74) is 0. The van der Waals surface area contributed by atoms with Crippen LogP contribution in [0.5, 0.6) is 0 Å². The van der Waals surface area contributed by atoms with Gasteiger partial charge in [0.1, 0.15) is 0 Å². The van der Waals surface area contributed by atoms with Crippen molar-refractivity contribution >= 4 is 13.7 Å². The van der Waals surface area contributed by atoms with Gasteiger partial charge in [0, 0.05) is 13.2 Å². The molecule has 0 aliphatic carbocycles. The van der Waals surface area contributed by atoms with Crippen molar-refractivity contribution in [2.45, 2.75) is 58.9 Å². The van der Waals surface area contributed by atoms with Gasteiger partial charge in [0.2, 0.25) is 0 Å². The molecule has 0 saturated carbocycles. The van der Waals surface area contributed by atoms with E-state index in [-0.39, 0.29) is 0 Å². The van der Waals surface area contributed by atoms with Gasteiger partial charge in [-0.2, -0.15) is 0 Å². The predicted octanol–water partition coefficient (Wildman–Crippen LogP) is 4.38.